The number of benzene rings is 1. The number of hydrogen-bond donors (Lipinski definition) is 1. The van der Waals surface area contributed by atoms with Crippen molar-refractivity contribution in [3.63, 3.8) is 0 Å². The first-order chi connectivity index (χ1) is 8.22. The van der Waals surface area contributed by atoms with Crippen molar-refractivity contribution in [1.29, 1.82) is 0 Å². The molecule has 0 bridgehead atoms. The van der Waals surface area contributed by atoms with E-state index in [2.05, 4.69) is 30.5 Å². The van der Waals surface area contributed by atoms with Gasteiger partial charge in [0.05, 0.1) is 10.9 Å². The average molecular weight is 266 g/mol. The highest BCUT2D eigenvalue weighted by molar-refractivity contribution is 7.90. The molecule has 1 aliphatic heterocycles. The van der Waals surface area contributed by atoms with Crippen LogP contribution in [0.5, 0.6) is 0 Å². The second-order valence-corrected chi connectivity index (χ2v) is 7.27. The van der Waals surface area contributed by atoms with Crippen LogP contribution in [0.4, 0.5) is 0 Å². The minimum absolute atomic E-state index is 0.00399. The molecular weight excluding hydrogens is 248 g/mol. The highest BCUT2D eigenvalue weighted by Crippen LogP contribution is 2.26. The Bertz CT molecular complexity index is 598. The predicted octanol–water partition coefficient (Wildman–Crippen LogP) is 2.16. The molecule has 0 saturated heterocycles. The lowest BCUT2D eigenvalue weighted by Crippen LogP contribution is -2.28. The smallest absolute Gasteiger partial charge is 0.263 e. The molecule has 0 aromatic heterocycles. The van der Waals surface area contributed by atoms with Gasteiger partial charge in [0.15, 0.2) is 0 Å². The Hall–Kier alpha value is -1.36. The van der Waals surface area contributed by atoms with Gasteiger partial charge in [0, 0.05) is 5.56 Å². The van der Waals surface area contributed by atoms with Gasteiger partial charge in [0.2, 0.25) is 0 Å². The molecule has 1 atom stereocenters. The van der Waals surface area contributed by atoms with Crippen LogP contribution >= 0.6 is 0 Å². The Morgan fingerprint density at radius 2 is 1.83 bits per heavy atom. The summed E-state index contributed by atoms with van der Waals surface area (Å²) < 4.78 is 26.3. The van der Waals surface area contributed by atoms with Gasteiger partial charge in [-0.3, -0.25) is 9.71 Å². The van der Waals surface area contributed by atoms with Gasteiger partial charge in [-0.1, -0.05) is 32.9 Å². The summed E-state index contributed by atoms with van der Waals surface area (Å²) in [6.45, 7) is 8.23. The third kappa shape index (κ3) is 2.27. The minimum Gasteiger partial charge on any atom is -0.264 e. The fourth-order valence-electron chi connectivity index (χ4n) is 1.62. The largest absolute Gasteiger partial charge is 0.264 e. The van der Waals surface area contributed by atoms with Gasteiger partial charge < -0.3 is 0 Å². The summed E-state index contributed by atoms with van der Waals surface area (Å²) in [5.41, 5.74) is 0.657. The molecule has 0 radical (unpaired) electrons. The van der Waals surface area contributed by atoms with E-state index in [0.717, 1.165) is 0 Å². The van der Waals surface area contributed by atoms with E-state index in [-0.39, 0.29) is 11.5 Å². The SMILES string of the molecule is CC(N=C1NS(=O)(=O)c2ccccc21)C(C)(C)C. The first-order valence-electron chi connectivity index (χ1n) is 5.92. The van der Waals surface area contributed by atoms with Crippen molar-refractivity contribution in [2.45, 2.75) is 38.6 Å². The molecule has 5 heteroatoms. The summed E-state index contributed by atoms with van der Waals surface area (Å²) >= 11 is 0. The fourth-order valence-corrected chi connectivity index (χ4v) is 2.86. The van der Waals surface area contributed by atoms with Gasteiger partial charge >= 0.3 is 0 Å². The monoisotopic (exact) mass is 266 g/mol. The summed E-state index contributed by atoms with van der Waals surface area (Å²) in [4.78, 5) is 4.82. The van der Waals surface area contributed by atoms with Gasteiger partial charge in [-0.05, 0) is 24.5 Å². The van der Waals surface area contributed by atoms with Crippen LogP contribution in [0.1, 0.15) is 33.3 Å². The van der Waals surface area contributed by atoms with E-state index in [4.69, 9.17) is 0 Å². The van der Waals surface area contributed by atoms with E-state index >= 15 is 0 Å². The highest BCUT2D eigenvalue weighted by atomic mass is 32.2. The number of amidine groups is 1. The minimum atomic E-state index is -3.43. The first kappa shape index (κ1) is 13.1. The summed E-state index contributed by atoms with van der Waals surface area (Å²) in [7, 11) is -3.43. The maximum atomic E-state index is 11.9. The quantitative estimate of drug-likeness (QED) is 0.846. The van der Waals surface area contributed by atoms with E-state index in [1.54, 1.807) is 18.2 Å². The first-order valence-corrected chi connectivity index (χ1v) is 7.40. The highest BCUT2D eigenvalue weighted by Gasteiger charge is 2.31. The van der Waals surface area contributed by atoms with Crippen molar-refractivity contribution in [3.8, 4) is 0 Å². The van der Waals surface area contributed by atoms with Crippen molar-refractivity contribution < 1.29 is 8.42 Å². The maximum absolute atomic E-state index is 11.9. The van der Waals surface area contributed by atoms with Crippen LogP contribution in [0.3, 0.4) is 0 Å². The summed E-state index contributed by atoms with van der Waals surface area (Å²) in [6, 6.07) is 6.94. The molecule has 1 N–H and O–H groups in total. The number of sulfonamides is 1. The van der Waals surface area contributed by atoms with Gasteiger partial charge in [0.25, 0.3) is 10.0 Å². The van der Waals surface area contributed by atoms with Gasteiger partial charge in [-0.25, -0.2) is 8.42 Å². The molecule has 98 valence electrons. The summed E-state index contributed by atoms with van der Waals surface area (Å²) in [5.74, 6) is 0.452. The Kier molecular flexibility index (Phi) is 2.97. The van der Waals surface area contributed by atoms with Gasteiger partial charge in [-0.2, -0.15) is 0 Å². The molecular formula is C13H18N2O2S. The molecule has 1 aliphatic rings. The lowest BCUT2D eigenvalue weighted by molar-refractivity contribution is 0.341. The van der Waals surface area contributed by atoms with Crippen molar-refractivity contribution in [1.82, 2.24) is 4.72 Å². The van der Waals surface area contributed by atoms with Crippen molar-refractivity contribution in [2.75, 3.05) is 0 Å². The van der Waals surface area contributed by atoms with E-state index < -0.39 is 10.0 Å². The average Bonchev–Trinajstić information content (AvgIpc) is 2.50. The van der Waals surface area contributed by atoms with Gasteiger partial charge in [0.1, 0.15) is 5.84 Å². The number of aliphatic imine (C=N–C) groups is 1. The van der Waals surface area contributed by atoms with Crippen LogP contribution in [0.15, 0.2) is 34.2 Å². The molecule has 1 aromatic rings. The van der Waals surface area contributed by atoms with Crippen molar-refractivity contribution in [3.05, 3.63) is 29.8 Å². The van der Waals surface area contributed by atoms with E-state index in [1.165, 1.54) is 0 Å². The zero-order valence-corrected chi connectivity index (χ0v) is 11.9. The third-order valence-electron chi connectivity index (χ3n) is 3.24. The molecule has 1 heterocycles. The lowest BCUT2D eigenvalue weighted by Gasteiger charge is -2.23. The molecule has 1 aromatic carbocycles. The summed E-state index contributed by atoms with van der Waals surface area (Å²) in [5, 5.41) is 0. The van der Waals surface area contributed by atoms with E-state index in [9.17, 15) is 8.42 Å². The van der Waals surface area contributed by atoms with Crippen LogP contribution in [-0.4, -0.2) is 20.3 Å². The van der Waals surface area contributed by atoms with Crippen LogP contribution in [0.25, 0.3) is 0 Å². The second-order valence-electron chi connectivity index (χ2n) is 5.62. The molecule has 1 unspecified atom stereocenters. The van der Waals surface area contributed by atoms with Crippen LogP contribution < -0.4 is 4.72 Å². The van der Waals surface area contributed by atoms with Gasteiger partial charge in [-0.15, -0.1) is 0 Å². The molecule has 0 amide bonds. The number of rotatable bonds is 1. The van der Waals surface area contributed by atoms with Crippen molar-refractivity contribution in [2.24, 2.45) is 10.4 Å². The Labute approximate surface area is 108 Å². The zero-order valence-electron chi connectivity index (χ0n) is 11.1. The molecule has 0 fully saturated rings. The standard InChI is InChI=1S/C13H18N2O2S/c1-9(13(2,3)4)14-12-10-7-5-6-8-11(10)18(16,17)15-12/h5-9H,1-4H3,(H,14,15). The number of nitrogens with one attached hydrogen (secondary N) is 1. The normalized spacial score (nSPS) is 21.4. The molecule has 0 saturated carbocycles. The predicted molar refractivity (Wildman–Crippen MR) is 72.2 cm³/mol. The maximum Gasteiger partial charge on any atom is 0.263 e. The fraction of sp³-hybridized carbons (Fsp3) is 0.462. The van der Waals surface area contributed by atoms with E-state index in [0.29, 0.717) is 16.3 Å². The number of hydrogen-bond acceptors (Lipinski definition) is 3. The van der Waals surface area contributed by atoms with Crippen LogP contribution in [0, 0.1) is 5.41 Å². The molecule has 4 nitrogen and oxygen atoms in total. The Morgan fingerprint density at radius 1 is 1.22 bits per heavy atom. The van der Waals surface area contributed by atoms with E-state index in [1.807, 2.05) is 13.0 Å². The second kappa shape index (κ2) is 4.09. The number of fused-ring (bicyclic) bond motifs is 1. The molecule has 18 heavy (non-hydrogen) atoms. The van der Waals surface area contributed by atoms with Crippen LogP contribution in [-0.2, 0) is 10.0 Å². The topological polar surface area (TPSA) is 58.5 Å². The Morgan fingerprint density at radius 3 is 2.44 bits per heavy atom. The lowest BCUT2D eigenvalue weighted by atomic mass is 9.88. The van der Waals surface area contributed by atoms with Crippen LogP contribution in [0.2, 0.25) is 0 Å². The van der Waals surface area contributed by atoms with Crippen molar-refractivity contribution >= 4 is 15.9 Å². The molecule has 2 rings (SSSR count). The Balaban J connectivity index is 2.49. The number of nitrogens with zero attached hydrogens (tertiary/aromatic N) is 1. The third-order valence-corrected chi connectivity index (χ3v) is 4.64. The molecule has 0 spiro atoms. The molecule has 0 aliphatic carbocycles. The summed E-state index contributed by atoms with van der Waals surface area (Å²) in [6.07, 6.45) is 0. The zero-order chi connectivity index (χ0) is 13.6.